The van der Waals surface area contributed by atoms with Crippen molar-refractivity contribution in [3.63, 3.8) is 0 Å². The number of alkyl halides is 1. The molecule has 0 aliphatic carbocycles. The predicted molar refractivity (Wildman–Crippen MR) is 122 cm³/mol. The van der Waals surface area contributed by atoms with Gasteiger partial charge in [0.1, 0.15) is 32.0 Å². The second kappa shape index (κ2) is 10.1. The maximum atomic E-state index is 13.1. The van der Waals surface area contributed by atoms with Gasteiger partial charge in [0.2, 0.25) is 5.91 Å². The fourth-order valence-electron chi connectivity index (χ4n) is 4.33. The van der Waals surface area contributed by atoms with Crippen molar-refractivity contribution in [2.75, 3.05) is 19.9 Å². The Kier molecular flexibility index (Phi) is 6.99. The summed E-state index contributed by atoms with van der Waals surface area (Å²) in [6.07, 6.45) is -0.512. The van der Waals surface area contributed by atoms with Gasteiger partial charge in [-0.05, 0) is 47.4 Å². The van der Waals surface area contributed by atoms with E-state index in [1.807, 2.05) is 30.3 Å². The average molecular weight is 484 g/mol. The van der Waals surface area contributed by atoms with Gasteiger partial charge in [-0.1, -0.05) is 19.1 Å². The minimum absolute atomic E-state index is 0.166. The average Bonchev–Trinajstić information content (AvgIpc) is 3.18. The van der Waals surface area contributed by atoms with Crippen LogP contribution in [0.3, 0.4) is 0 Å². The van der Waals surface area contributed by atoms with Gasteiger partial charge in [0, 0.05) is 12.1 Å². The molecule has 2 amide bonds. The van der Waals surface area contributed by atoms with Crippen molar-refractivity contribution >= 4 is 23.6 Å². The number of fused-ring (bicyclic) bond motifs is 2. The largest absolute Gasteiger partial charge is 0.486 e. The lowest BCUT2D eigenvalue weighted by Gasteiger charge is -2.27. The van der Waals surface area contributed by atoms with Crippen LogP contribution in [0.2, 0.25) is 0 Å². The molecule has 2 aromatic rings. The molecule has 0 saturated carbocycles. The molecule has 0 fully saturated rings. The number of hydrogen-bond acceptors (Lipinski definition) is 6. The van der Waals surface area contributed by atoms with E-state index in [4.69, 9.17) is 14.6 Å². The lowest BCUT2D eigenvalue weighted by atomic mass is 10.00. The third kappa shape index (κ3) is 4.96. The van der Waals surface area contributed by atoms with E-state index in [-0.39, 0.29) is 18.9 Å². The predicted octanol–water partition coefficient (Wildman–Crippen LogP) is 2.36. The monoisotopic (exact) mass is 484 g/mol. The first-order valence-electron chi connectivity index (χ1n) is 11.3. The number of hydrogen-bond donors (Lipinski definition) is 2. The van der Waals surface area contributed by atoms with Crippen molar-refractivity contribution in [3.8, 4) is 22.6 Å². The minimum Gasteiger partial charge on any atom is -0.486 e. The van der Waals surface area contributed by atoms with Crippen molar-refractivity contribution < 1.29 is 38.1 Å². The number of carboxylic acids is 1. The van der Waals surface area contributed by atoms with Gasteiger partial charge in [-0.25, -0.2) is 4.39 Å². The van der Waals surface area contributed by atoms with E-state index in [0.29, 0.717) is 30.3 Å². The normalized spacial score (nSPS) is 15.8. The zero-order valence-corrected chi connectivity index (χ0v) is 19.1. The first-order chi connectivity index (χ1) is 16.8. The number of nitrogens with zero attached hydrogens (tertiary/aromatic N) is 1. The van der Waals surface area contributed by atoms with Crippen LogP contribution in [0, 0.1) is 0 Å². The van der Waals surface area contributed by atoms with Crippen molar-refractivity contribution in [2.24, 2.45) is 0 Å². The molecule has 2 aliphatic rings. The van der Waals surface area contributed by atoms with Crippen LogP contribution in [0.5, 0.6) is 11.5 Å². The van der Waals surface area contributed by atoms with Gasteiger partial charge in [0.25, 0.3) is 5.91 Å². The molecule has 0 radical (unpaired) electrons. The van der Waals surface area contributed by atoms with E-state index in [1.165, 1.54) is 4.90 Å². The molecule has 2 unspecified atom stereocenters. The van der Waals surface area contributed by atoms with Gasteiger partial charge in [0.15, 0.2) is 17.3 Å². The molecule has 2 N–H and O–H groups in total. The fraction of sp³-hybridized carbons (Fsp3) is 0.360. The van der Waals surface area contributed by atoms with E-state index in [9.17, 15) is 23.6 Å². The number of ketones is 1. The Morgan fingerprint density at radius 2 is 1.77 bits per heavy atom. The maximum Gasteiger partial charge on any atom is 0.305 e. The Bertz CT molecular complexity index is 1180. The molecule has 2 atom stereocenters. The number of amides is 2. The highest BCUT2D eigenvalue weighted by atomic mass is 19.1. The molecular weight excluding hydrogens is 459 g/mol. The van der Waals surface area contributed by atoms with Crippen molar-refractivity contribution in [2.45, 2.75) is 38.4 Å². The van der Waals surface area contributed by atoms with Gasteiger partial charge in [-0.15, -0.1) is 0 Å². The fourth-order valence-corrected chi connectivity index (χ4v) is 4.33. The molecule has 0 bridgehead atoms. The SMILES string of the molecule is CCC(C(=O)NC(CC(=O)O)C(=O)CF)N1Cc2cc(-c3ccc4c(c3)OCCO4)ccc2C1=O. The first kappa shape index (κ1) is 24.2. The van der Waals surface area contributed by atoms with Gasteiger partial charge < -0.3 is 24.8 Å². The number of aliphatic carboxylic acids is 1. The number of carbonyl (C=O) groups is 4. The van der Waals surface area contributed by atoms with Gasteiger partial charge >= 0.3 is 5.97 Å². The Labute approximate surface area is 200 Å². The summed E-state index contributed by atoms with van der Waals surface area (Å²) in [4.78, 5) is 50.2. The number of ether oxygens (including phenoxy) is 2. The quantitative estimate of drug-likeness (QED) is 0.560. The van der Waals surface area contributed by atoms with Crippen LogP contribution in [0.25, 0.3) is 11.1 Å². The summed E-state index contributed by atoms with van der Waals surface area (Å²) in [5.74, 6) is -2.10. The number of nitrogens with one attached hydrogen (secondary N) is 1. The van der Waals surface area contributed by atoms with E-state index in [2.05, 4.69) is 5.32 Å². The highest BCUT2D eigenvalue weighted by Gasteiger charge is 2.37. The summed E-state index contributed by atoms with van der Waals surface area (Å²) in [6.45, 7) is 1.43. The second-order valence-corrected chi connectivity index (χ2v) is 8.35. The summed E-state index contributed by atoms with van der Waals surface area (Å²) in [7, 11) is 0. The molecule has 10 heteroatoms. The summed E-state index contributed by atoms with van der Waals surface area (Å²) in [6, 6.07) is 8.55. The summed E-state index contributed by atoms with van der Waals surface area (Å²) in [5, 5.41) is 11.3. The molecule has 0 spiro atoms. The maximum absolute atomic E-state index is 13.1. The van der Waals surface area contributed by atoms with Crippen molar-refractivity contribution in [1.29, 1.82) is 0 Å². The van der Waals surface area contributed by atoms with Gasteiger partial charge in [-0.3, -0.25) is 19.2 Å². The number of carbonyl (C=O) groups excluding carboxylic acids is 3. The summed E-state index contributed by atoms with van der Waals surface area (Å²) < 4.78 is 24.1. The molecule has 9 nitrogen and oxygen atoms in total. The van der Waals surface area contributed by atoms with Gasteiger partial charge in [-0.2, -0.15) is 0 Å². The standard InChI is InChI=1S/C25H25FN2O7/c1-2-19(24(32)27-18(11-23(30)31)20(29)12-26)28-13-16-9-14(3-5-17(16)25(28)33)15-4-6-21-22(10-15)35-8-7-34-21/h3-6,9-10,18-19H,2,7-8,11-13H2,1H3,(H,27,32)(H,30,31). The number of halogens is 1. The molecule has 4 rings (SSSR count). The number of rotatable bonds is 9. The van der Waals surface area contributed by atoms with Crippen LogP contribution >= 0.6 is 0 Å². The molecule has 0 aromatic heterocycles. The van der Waals surface area contributed by atoms with E-state index in [1.54, 1.807) is 13.0 Å². The topological polar surface area (TPSA) is 122 Å². The third-order valence-corrected chi connectivity index (χ3v) is 6.09. The van der Waals surface area contributed by atoms with Crippen molar-refractivity contribution in [3.05, 3.63) is 47.5 Å². The molecule has 2 aromatic carbocycles. The summed E-state index contributed by atoms with van der Waals surface area (Å²) in [5.41, 5.74) is 2.94. The lowest BCUT2D eigenvalue weighted by molar-refractivity contribution is -0.140. The molecule has 2 heterocycles. The van der Waals surface area contributed by atoms with E-state index in [0.717, 1.165) is 16.7 Å². The Hall–Kier alpha value is -3.95. The van der Waals surface area contributed by atoms with Crippen LogP contribution in [0.15, 0.2) is 36.4 Å². The van der Waals surface area contributed by atoms with Crippen LogP contribution in [-0.2, 0) is 20.9 Å². The van der Waals surface area contributed by atoms with Crippen LogP contribution in [0.1, 0.15) is 35.7 Å². The summed E-state index contributed by atoms with van der Waals surface area (Å²) >= 11 is 0. The van der Waals surface area contributed by atoms with Crippen LogP contribution < -0.4 is 14.8 Å². The number of carboxylic acid groups (broad SMARTS) is 1. The zero-order valence-electron chi connectivity index (χ0n) is 19.1. The zero-order chi connectivity index (χ0) is 25.1. The molecule has 184 valence electrons. The van der Waals surface area contributed by atoms with Crippen LogP contribution in [-0.4, -0.2) is 65.5 Å². The Morgan fingerprint density at radius 1 is 1.09 bits per heavy atom. The van der Waals surface area contributed by atoms with Gasteiger partial charge in [0.05, 0.1) is 6.42 Å². The third-order valence-electron chi connectivity index (χ3n) is 6.09. The first-order valence-corrected chi connectivity index (χ1v) is 11.3. The van der Waals surface area contributed by atoms with Crippen LogP contribution in [0.4, 0.5) is 4.39 Å². The highest BCUT2D eigenvalue weighted by Crippen LogP contribution is 2.36. The Balaban J connectivity index is 1.53. The smallest absolute Gasteiger partial charge is 0.305 e. The van der Waals surface area contributed by atoms with E-state index >= 15 is 0 Å². The second-order valence-electron chi connectivity index (χ2n) is 8.35. The van der Waals surface area contributed by atoms with E-state index < -0.39 is 42.8 Å². The molecule has 2 aliphatic heterocycles. The number of benzene rings is 2. The number of Topliss-reactive ketones (excluding diaryl/α,β-unsaturated/α-hetero) is 1. The molecule has 0 saturated heterocycles. The Morgan fingerprint density at radius 3 is 2.46 bits per heavy atom. The molecular formula is C25H25FN2O7. The molecule has 35 heavy (non-hydrogen) atoms. The van der Waals surface area contributed by atoms with Crippen molar-refractivity contribution in [1.82, 2.24) is 10.2 Å². The lowest BCUT2D eigenvalue weighted by Crippen LogP contribution is -2.52. The minimum atomic E-state index is -1.50. The highest BCUT2D eigenvalue weighted by molar-refractivity contribution is 6.02.